The maximum atomic E-state index is 10.3. The Morgan fingerprint density at radius 1 is 1.92 bits per heavy atom. The minimum absolute atomic E-state index is 0.0167. The van der Waals surface area contributed by atoms with Gasteiger partial charge in [0.05, 0.1) is 12.5 Å². The van der Waals surface area contributed by atoms with Crippen LogP contribution >= 0.6 is 0 Å². The second-order valence-corrected chi connectivity index (χ2v) is 2.53. The topological polar surface area (TPSA) is 94.0 Å². The van der Waals surface area contributed by atoms with E-state index in [1.54, 1.807) is 6.92 Å². The van der Waals surface area contributed by atoms with Gasteiger partial charge in [-0.2, -0.15) is 0 Å². The van der Waals surface area contributed by atoms with Gasteiger partial charge >= 0.3 is 5.97 Å². The molecule has 12 heavy (non-hydrogen) atoms. The highest BCUT2D eigenvalue weighted by molar-refractivity contribution is 5.67. The fourth-order valence-electron chi connectivity index (χ4n) is 0.847. The van der Waals surface area contributed by atoms with Gasteiger partial charge in [0.15, 0.2) is 0 Å². The van der Waals surface area contributed by atoms with Gasteiger partial charge in [0, 0.05) is 0 Å². The summed E-state index contributed by atoms with van der Waals surface area (Å²) < 4.78 is 1.43. The lowest BCUT2D eigenvalue weighted by molar-refractivity contribution is -0.137. The van der Waals surface area contributed by atoms with E-state index in [0.717, 1.165) is 0 Å². The molecule has 0 aliphatic heterocycles. The molecule has 0 amide bonds. The van der Waals surface area contributed by atoms with Gasteiger partial charge < -0.3 is 10.8 Å². The molecule has 0 fully saturated rings. The summed E-state index contributed by atoms with van der Waals surface area (Å²) in [6, 6.07) is -0.215. The van der Waals surface area contributed by atoms with Crippen LogP contribution in [0, 0.1) is 0 Å². The third kappa shape index (κ3) is 1.94. The van der Waals surface area contributed by atoms with Gasteiger partial charge in [-0.15, -0.1) is 5.10 Å². The summed E-state index contributed by atoms with van der Waals surface area (Å²) in [5.41, 5.74) is 5.26. The summed E-state index contributed by atoms with van der Waals surface area (Å²) in [5, 5.41) is 12.2. The van der Waals surface area contributed by atoms with E-state index in [2.05, 4.69) is 10.1 Å². The first kappa shape index (κ1) is 8.51. The number of anilines is 1. The van der Waals surface area contributed by atoms with Crippen molar-refractivity contribution < 1.29 is 9.90 Å². The molecule has 6 nitrogen and oxygen atoms in total. The van der Waals surface area contributed by atoms with Crippen molar-refractivity contribution in [2.75, 3.05) is 5.73 Å². The summed E-state index contributed by atoms with van der Waals surface area (Å²) in [6.07, 6.45) is 1.44. The number of rotatable bonds is 3. The number of nitrogens with two attached hydrogens (primary N) is 1. The highest BCUT2D eigenvalue weighted by Crippen LogP contribution is 2.08. The van der Waals surface area contributed by atoms with Crippen molar-refractivity contribution in [2.45, 2.75) is 19.4 Å². The summed E-state index contributed by atoms with van der Waals surface area (Å²) in [7, 11) is 0. The number of nitrogen functional groups attached to an aromatic ring is 1. The monoisotopic (exact) mass is 170 g/mol. The molecule has 0 aliphatic rings. The summed E-state index contributed by atoms with van der Waals surface area (Å²) in [5.74, 6) is -0.705. The first-order chi connectivity index (χ1) is 5.59. The molecule has 6 heteroatoms. The van der Waals surface area contributed by atoms with Gasteiger partial charge in [-0.1, -0.05) is 0 Å². The molecule has 1 aromatic rings. The van der Waals surface area contributed by atoms with Crippen molar-refractivity contribution in [3.8, 4) is 0 Å². The molecule has 0 radical (unpaired) electrons. The van der Waals surface area contributed by atoms with E-state index in [1.807, 2.05) is 0 Å². The molecule has 3 N–H and O–H groups in total. The molecule has 1 heterocycles. The van der Waals surface area contributed by atoms with Crippen molar-refractivity contribution in [2.24, 2.45) is 0 Å². The van der Waals surface area contributed by atoms with E-state index in [0.29, 0.717) is 0 Å². The fraction of sp³-hybridized carbons (Fsp3) is 0.500. The van der Waals surface area contributed by atoms with Crippen LogP contribution in [0.2, 0.25) is 0 Å². The molecule has 0 saturated heterocycles. The second kappa shape index (κ2) is 3.21. The van der Waals surface area contributed by atoms with Crippen LogP contribution in [-0.4, -0.2) is 25.8 Å². The number of hydrogen-bond acceptors (Lipinski definition) is 4. The highest BCUT2D eigenvalue weighted by atomic mass is 16.4. The Morgan fingerprint density at radius 2 is 2.58 bits per heavy atom. The summed E-state index contributed by atoms with van der Waals surface area (Å²) in [6.45, 7) is 1.74. The SMILES string of the molecule is CC(CC(=O)O)n1cnc(N)n1. The zero-order valence-electron chi connectivity index (χ0n) is 6.64. The highest BCUT2D eigenvalue weighted by Gasteiger charge is 2.10. The average Bonchev–Trinajstić information content (AvgIpc) is 2.34. The normalized spacial score (nSPS) is 12.8. The number of aliphatic carboxylic acids is 1. The van der Waals surface area contributed by atoms with Crippen LogP contribution in [-0.2, 0) is 4.79 Å². The predicted molar refractivity (Wildman–Crippen MR) is 41.4 cm³/mol. The number of carboxylic acid groups (broad SMARTS) is 1. The van der Waals surface area contributed by atoms with Gasteiger partial charge in [0.1, 0.15) is 6.33 Å². The molecule has 0 aromatic carbocycles. The predicted octanol–water partition coefficient (Wildman–Crippen LogP) is -0.104. The molecule has 1 unspecified atom stereocenters. The standard InChI is InChI=1S/C6H10N4O2/c1-4(2-5(11)12)10-3-8-6(7)9-10/h3-4H,2H2,1H3,(H2,7,9)(H,11,12). The van der Waals surface area contributed by atoms with Crippen molar-refractivity contribution in [3.63, 3.8) is 0 Å². The van der Waals surface area contributed by atoms with E-state index in [4.69, 9.17) is 10.8 Å². The Labute approximate surface area is 69.0 Å². The number of carboxylic acids is 1. The van der Waals surface area contributed by atoms with Gasteiger partial charge in [-0.3, -0.25) is 4.79 Å². The minimum Gasteiger partial charge on any atom is -0.481 e. The number of hydrogen-bond donors (Lipinski definition) is 2. The third-order valence-corrected chi connectivity index (χ3v) is 1.45. The molecule has 1 atom stereocenters. The molecule has 0 saturated carbocycles. The van der Waals surface area contributed by atoms with E-state index < -0.39 is 5.97 Å². The van der Waals surface area contributed by atoms with Crippen LogP contribution in [0.25, 0.3) is 0 Å². The van der Waals surface area contributed by atoms with Crippen LogP contribution in [0.15, 0.2) is 6.33 Å². The van der Waals surface area contributed by atoms with Gasteiger partial charge in [0.2, 0.25) is 5.95 Å². The van der Waals surface area contributed by atoms with E-state index in [1.165, 1.54) is 11.0 Å². The second-order valence-electron chi connectivity index (χ2n) is 2.53. The molecule has 0 bridgehead atoms. The molecule has 0 spiro atoms. The van der Waals surface area contributed by atoms with Crippen molar-refractivity contribution in [3.05, 3.63) is 6.33 Å². The van der Waals surface area contributed by atoms with Gasteiger partial charge in [-0.05, 0) is 6.92 Å². The molecule has 0 aliphatic carbocycles. The minimum atomic E-state index is -0.864. The van der Waals surface area contributed by atoms with Crippen LogP contribution in [0.5, 0.6) is 0 Å². The van der Waals surface area contributed by atoms with Gasteiger partial charge in [0.25, 0.3) is 0 Å². The first-order valence-electron chi connectivity index (χ1n) is 3.48. The van der Waals surface area contributed by atoms with Crippen LogP contribution in [0.1, 0.15) is 19.4 Å². The van der Waals surface area contributed by atoms with Crippen molar-refractivity contribution in [1.82, 2.24) is 14.8 Å². The lowest BCUT2D eigenvalue weighted by Gasteiger charge is -2.06. The average molecular weight is 170 g/mol. The van der Waals surface area contributed by atoms with Crippen LogP contribution in [0.3, 0.4) is 0 Å². The Bertz CT molecular complexity index is 283. The van der Waals surface area contributed by atoms with Crippen LogP contribution < -0.4 is 5.73 Å². The van der Waals surface area contributed by atoms with Crippen molar-refractivity contribution in [1.29, 1.82) is 0 Å². The molecule has 1 aromatic heterocycles. The lowest BCUT2D eigenvalue weighted by atomic mass is 10.2. The van der Waals surface area contributed by atoms with Crippen LogP contribution in [0.4, 0.5) is 5.95 Å². The quantitative estimate of drug-likeness (QED) is 0.660. The van der Waals surface area contributed by atoms with E-state index in [-0.39, 0.29) is 18.4 Å². The Kier molecular flexibility index (Phi) is 2.27. The Morgan fingerprint density at radius 3 is 3.00 bits per heavy atom. The Hall–Kier alpha value is -1.59. The lowest BCUT2D eigenvalue weighted by Crippen LogP contribution is -2.11. The molecular formula is C6H10N4O2. The summed E-state index contributed by atoms with van der Waals surface area (Å²) >= 11 is 0. The smallest absolute Gasteiger partial charge is 0.305 e. The van der Waals surface area contributed by atoms with Gasteiger partial charge in [-0.25, -0.2) is 9.67 Å². The fourth-order valence-corrected chi connectivity index (χ4v) is 0.847. The van der Waals surface area contributed by atoms with E-state index >= 15 is 0 Å². The summed E-state index contributed by atoms with van der Waals surface area (Å²) in [4.78, 5) is 14.0. The number of aromatic nitrogens is 3. The zero-order chi connectivity index (χ0) is 9.14. The first-order valence-corrected chi connectivity index (χ1v) is 3.48. The van der Waals surface area contributed by atoms with E-state index in [9.17, 15) is 4.79 Å². The maximum absolute atomic E-state index is 10.3. The van der Waals surface area contributed by atoms with Crippen molar-refractivity contribution >= 4 is 11.9 Å². The number of carbonyl (C=O) groups is 1. The largest absolute Gasteiger partial charge is 0.481 e. The molecular weight excluding hydrogens is 160 g/mol. The molecule has 66 valence electrons. The molecule has 1 rings (SSSR count). The third-order valence-electron chi connectivity index (χ3n) is 1.45. The Balaban J connectivity index is 2.64. The zero-order valence-corrected chi connectivity index (χ0v) is 6.64. The number of nitrogens with zero attached hydrogens (tertiary/aromatic N) is 3. The maximum Gasteiger partial charge on any atom is 0.305 e.